The normalized spacial score (nSPS) is 21.5. The summed E-state index contributed by atoms with van der Waals surface area (Å²) in [5.74, 6) is 1.80. The van der Waals surface area contributed by atoms with Crippen LogP contribution >= 0.6 is 0 Å². The number of amides is 2. The number of piperidine rings is 1. The number of aryl methyl sites for hydroxylation is 2. The van der Waals surface area contributed by atoms with Crippen molar-refractivity contribution in [2.75, 3.05) is 57.8 Å². The maximum Gasteiger partial charge on any atom is 0.326 e. The number of urea groups is 1. The number of carboxylic acid groups (broad SMARTS) is 1. The molecule has 2 amide bonds. The predicted octanol–water partition coefficient (Wildman–Crippen LogP) is 2.87. The summed E-state index contributed by atoms with van der Waals surface area (Å²) in [7, 11) is 0. The number of hydrogen-bond acceptors (Lipinski definition) is 7. The largest absolute Gasteiger partial charge is 0.492 e. The number of aliphatic hydroxyl groups excluding tert-OH is 1. The van der Waals surface area contributed by atoms with Crippen molar-refractivity contribution in [3.8, 4) is 5.75 Å². The Kier molecular flexibility index (Phi) is 9.95. The van der Waals surface area contributed by atoms with E-state index in [1.165, 1.54) is 5.56 Å². The van der Waals surface area contributed by atoms with E-state index in [4.69, 9.17) is 9.72 Å². The third-order valence-electron chi connectivity index (χ3n) is 8.73. The van der Waals surface area contributed by atoms with E-state index in [1.807, 2.05) is 30.3 Å². The third kappa shape index (κ3) is 7.89. The summed E-state index contributed by atoms with van der Waals surface area (Å²) < 4.78 is 5.91. The molecule has 2 aliphatic heterocycles. The topological polar surface area (TPSA) is 127 Å². The molecule has 222 valence electrons. The van der Waals surface area contributed by atoms with Gasteiger partial charge in [0.25, 0.3) is 0 Å². The first-order valence-electron chi connectivity index (χ1n) is 15.0. The van der Waals surface area contributed by atoms with Crippen LogP contribution in [0.2, 0.25) is 0 Å². The smallest absolute Gasteiger partial charge is 0.326 e. The van der Waals surface area contributed by atoms with Gasteiger partial charge in [-0.3, -0.25) is 4.90 Å². The summed E-state index contributed by atoms with van der Waals surface area (Å²) >= 11 is 0. The molecule has 2 fully saturated rings. The number of nitrogens with zero attached hydrogens (tertiary/aromatic N) is 3. The van der Waals surface area contributed by atoms with Crippen LogP contribution in [0.1, 0.15) is 36.9 Å². The van der Waals surface area contributed by atoms with Crippen molar-refractivity contribution in [2.45, 2.75) is 44.6 Å². The minimum absolute atomic E-state index is 0.160. The zero-order chi connectivity index (χ0) is 28.6. The number of para-hydroxylation sites is 1. The van der Waals surface area contributed by atoms with Crippen LogP contribution in [0.4, 0.5) is 10.6 Å². The van der Waals surface area contributed by atoms with Crippen molar-refractivity contribution in [2.24, 2.45) is 17.8 Å². The number of rotatable bonds is 15. The summed E-state index contributed by atoms with van der Waals surface area (Å²) in [6.07, 6.45) is 5.36. The maximum atomic E-state index is 12.8. The van der Waals surface area contributed by atoms with Gasteiger partial charge in [-0.2, -0.15) is 0 Å². The van der Waals surface area contributed by atoms with Crippen LogP contribution < -0.4 is 15.4 Å². The van der Waals surface area contributed by atoms with Crippen molar-refractivity contribution in [1.82, 2.24) is 20.1 Å². The molecular formula is C31H43N5O5. The highest BCUT2D eigenvalue weighted by Crippen LogP contribution is 2.51. The van der Waals surface area contributed by atoms with Gasteiger partial charge in [0.2, 0.25) is 0 Å². The highest BCUT2D eigenvalue weighted by atomic mass is 16.5. The van der Waals surface area contributed by atoms with Crippen molar-refractivity contribution in [3.63, 3.8) is 0 Å². The average molecular weight is 566 g/mol. The van der Waals surface area contributed by atoms with Crippen molar-refractivity contribution >= 4 is 17.8 Å². The molecule has 1 unspecified atom stereocenters. The van der Waals surface area contributed by atoms with Gasteiger partial charge in [-0.05, 0) is 86.6 Å². The molecule has 1 saturated heterocycles. The number of carboxylic acids is 1. The van der Waals surface area contributed by atoms with Gasteiger partial charge in [-0.15, -0.1) is 0 Å². The van der Waals surface area contributed by atoms with E-state index in [-0.39, 0.29) is 12.6 Å². The fraction of sp³-hybridized carbons (Fsp3) is 0.581. The lowest BCUT2D eigenvalue weighted by molar-refractivity contribution is -0.139. The Labute approximate surface area is 242 Å². The van der Waals surface area contributed by atoms with Gasteiger partial charge in [0, 0.05) is 45.0 Å². The molecular weight excluding hydrogens is 522 g/mol. The highest BCUT2D eigenvalue weighted by Gasteiger charge is 2.56. The van der Waals surface area contributed by atoms with Crippen LogP contribution in [0.25, 0.3) is 0 Å². The molecule has 3 heterocycles. The molecule has 1 aromatic carbocycles. The van der Waals surface area contributed by atoms with E-state index in [0.717, 1.165) is 62.5 Å². The van der Waals surface area contributed by atoms with Crippen LogP contribution in [0.3, 0.4) is 0 Å². The summed E-state index contributed by atoms with van der Waals surface area (Å²) in [5, 5.41) is 25.3. The molecule has 0 spiro atoms. The fourth-order valence-corrected chi connectivity index (χ4v) is 6.19. The summed E-state index contributed by atoms with van der Waals surface area (Å²) in [6, 6.07) is 12.7. The molecule has 0 radical (unpaired) electrons. The molecule has 1 saturated carbocycles. The van der Waals surface area contributed by atoms with Crippen molar-refractivity contribution in [1.29, 1.82) is 0 Å². The van der Waals surface area contributed by atoms with Gasteiger partial charge >= 0.3 is 12.0 Å². The molecule has 2 aromatic rings. The van der Waals surface area contributed by atoms with E-state index in [1.54, 1.807) is 4.90 Å². The second-order valence-corrected chi connectivity index (χ2v) is 11.5. The number of benzene rings is 1. The molecule has 5 rings (SSSR count). The second kappa shape index (κ2) is 14.0. The first kappa shape index (κ1) is 29.1. The minimum atomic E-state index is -1.02. The number of unbranched alkanes of at least 4 members (excludes halogenated alkanes) is 1. The van der Waals surface area contributed by atoms with Gasteiger partial charge in [0.1, 0.15) is 24.2 Å². The van der Waals surface area contributed by atoms with Crippen LogP contribution in [0.5, 0.6) is 5.75 Å². The SMILES string of the molecule is O=C(O)[C@H](CCN(CCCCc1ccc2c(n1)NCCC2)CCOc1ccccc1)NC(=O)N1C[C@@H]2C(CO)[C@@H]2C1. The van der Waals surface area contributed by atoms with Gasteiger partial charge < -0.3 is 30.5 Å². The number of aliphatic carboxylic acids is 1. The zero-order valence-corrected chi connectivity index (χ0v) is 23.7. The molecule has 10 heteroatoms. The maximum absolute atomic E-state index is 12.8. The number of likely N-dealkylation sites (tertiary alicyclic amines) is 1. The summed E-state index contributed by atoms with van der Waals surface area (Å²) in [6.45, 7) is 4.81. The van der Waals surface area contributed by atoms with Crippen LogP contribution in [0.15, 0.2) is 42.5 Å². The minimum Gasteiger partial charge on any atom is -0.492 e. The number of ether oxygens (including phenoxy) is 1. The van der Waals surface area contributed by atoms with Crippen LogP contribution in [-0.2, 0) is 17.6 Å². The number of anilines is 1. The Bertz CT molecular complexity index is 1150. The van der Waals surface area contributed by atoms with E-state index in [9.17, 15) is 19.8 Å². The lowest BCUT2D eigenvalue weighted by Crippen LogP contribution is -2.49. The molecule has 41 heavy (non-hydrogen) atoms. The summed E-state index contributed by atoms with van der Waals surface area (Å²) in [5.41, 5.74) is 2.39. The van der Waals surface area contributed by atoms with Gasteiger partial charge in [0.05, 0.1) is 0 Å². The van der Waals surface area contributed by atoms with Crippen molar-refractivity contribution < 1.29 is 24.5 Å². The number of aliphatic hydroxyl groups is 1. The molecule has 0 bridgehead atoms. The Balaban J connectivity index is 1.10. The lowest BCUT2D eigenvalue weighted by Gasteiger charge is -2.26. The third-order valence-corrected chi connectivity index (χ3v) is 8.73. The average Bonchev–Trinajstić information content (AvgIpc) is 3.46. The molecule has 4 N–H and O–H groups in total. The highest BCUT2D eigenvalue weighted by molar-refractivity contribution is 5.82. The van der Waals surface area contributed by atoms with E-state index in [2.05, 4.69) is 27.7 Å². The number of pyridine rings is 1. The van der Waals surface area contributed by atoms with Gasteiger partial charge in [0.15, 0.2) is 0 Å². The van der Waals surface area contributed by atoms with Crippen molar-refractivity contribution in [3.05, 3.63) is 53.7 Å². The molecule has 1 aromatic heterocycles. The number of carbonyl (C=O) groups excluding carboxylic acids is 1. The number of carbonyl (C=O) groups is 2. The predicted molar refractivity (Wildman–Crippen MR) is 156 cm³/mol. The summed E-state index contributed by atoms with van der Waals surface area (Å²) in [4.78, 5) is 33.5. The van der Waals surface area contributed by atoms with E-state index in [0.29, 0.717) is 57.0 Å². The molecule has 4 atom stereocenters. The molecule has 1 aliphatic carbocycles. The zero-order valence-electron chi connectivity index (χ0n) is 23.7. The first-order chi connectivity index (χ1) is 20.0. The Morgan fingerprint density at radius 3 is 2.66 bits per heavy atom. The monoisotopic (exact) mass is 565 g/mol. The standard InChI is InChI=1S/C31H43N5O5/c37-21-27-25-19-36(20-26(25)27)31(40)34-28(30(38)39)13-16-35(17-18-41-24-9-2-1-3-10-24)15-5-4-8-23-12-11-22-7-6-14-32-29(22)33-23/h1-3,9-12,25-28,37H,4-8,13-21H2,(H,32,33)(H,34,40)(H,38,39)/t25-,26+,27?,28-/m0/s1. The molecule has 3 aliphatic rings. The second-order valence-electron chi connectivity index (χ2n) is 11.5. The Hall–Kier alpha value is -3.37. The van der Waals surface area contributed by atoms with Gasteiger partial charge in [-0.25, -0.2) is 14.6 Å². The van der Waals surface area contributed by atoms with E-state index >= 15 is 0 Å². The van der Waals surface area contributed by atoms with Crippen LogP contribution in [-0.4, -0.2) is 95.5 Å². The first-order valence-corrected chi connectivity index (χ1v) is 15.0. The van der Waals surface area contributed by atoms with Gasteiger partial charge in [-0.1, -0.05) is 24.3 Å². The quantitative estimate of drug-likeness (QED) is 0.243. The van der Waals surface area contributed by atoms with E-state index < -0.39 is 12.0 Å². The molecule has 10 nitrogen and oxygen atoms in total. The Morgan fingerprint density at radius 2 is 1.90 bits per heavy atom. The number of hydrogen-bond donors (Lipinski definition) is 4. The Morgan fingerprint density at radius 1 is 1.10 bits per heavy atom. The fourth-order valence-electron chi connectivity index (χ4n) is 6.19. The van der Waals surface area contributed by atoms with Crippen LogP contribution in [0, 0.1) is 17.8 Å². The lowest BCUT2D eigenvalue weighted by atomic mass is 10.1. The number of aromatic nitrogens is 1. The number of nitrogens with one attached hydrogen (secondary N) is 2. The number of fused-ring (bicyclic) bond motifs is 2.